The van der Waals surface area contributed by atoms with Gasteiger partial charge < -0.3 is 14.6 Å². The Bertz CT molecular complexity index is 427. The van der Waals surface area contributed by atoms with E-state index in [9.17, 15) is 4.79 Å². The third-order valence-electron chi connectivity index (χ3n) is 3.30. The van der Waals surface area contributed by atoms with E-state index in [4.69, 9.17) is 14.6 Å². The van der Waals surface area contributed by atoms with Crippen LogP contribution in [0.2, 0.25) is 0 Å². The fourth-order valence-corrected chi connectivity index (χ4v) is 2.27. The van der Waals surface area contributed by atoms with Gasteiger partial charge in [0, 0.05) is 11.5 Å². The maximum atomic E-state index is 11.1. The topological polar surface area (TPSA) is 55.8 Å². The van der Waals surface area contributed by atoms with Crippen LogP contribution in [-0.2, 0) is 4.79 Å². The molecule has 0 spiro atoms. The van der Waals surface area contributed by atoms with Gasteiger partial charge in [0.05, 0.1) is 19.6 Å². The van der Waals surface area contributed by atoms with Crippen LogP contribution < -0.4 is 9.47 Å². The molecule has 0 saturated heterocycles. The highest BCUT2D eigenvalue weighted by Gasteiger charge is 2.31. The second-order valence-corrected chi connectivity index (χ2v) is 4.25. The number of benzene rings is 1. The van der Waals surface area contributed by atoms with Gasteiger partial charge in [0.15, 0.2) is 11.5 Å². The van der Waals surface area contributed by atoms with E-state index >= 15 is 0 Å². The van der Waals surface area contributed by atoms with Crippen molar-refractivity contribution in [1.29, 1.82) is 0 Å². The minimum absolute atomic E-state index is 0.00801. The first-order valence-electron chi connectivity index (χ1n) is 5.67. The number of aliphatic carboxylic acids is 1. The van der Waals surface area contributed by atoms with E-state index in [1.807, 2.05) is 18.2 Å². The largest absolute Gasteiger partial charge is 0.493 e. The SMILES string of the molecule is COc1cccc2c1OCCC2C(C)C(=O)O. The van der Waals surface area contributed by atoms with Crippen molar-refractivity contribution < 1.29 is 19.4 Å². The normalized spacial score (nSPS) is 20.0. The van der Waals surface area contributed by atoms with Crippen LogP contribution in [0.5, 0.6) is 11.5 Å². The zero-order valence-electron chi connectivity index (χ0n) is 9.97. The number of methoxy groups -OCH3 is 1. The van der Waals surface area contributed by atoms with Crippen LogP contribution >= 0.6 is 0 Å². The highest BCUT2D eigenvalue weighted by Crippen LogP contribution is 2.43. The molecule has 1 heterocycles. The third-order valence-corrected chi connectivity index (χ3v) is 3.30. The van der Waals surface area contributed by atoms with Gasteiger partial charge in [-0.3, -0.25) is 4.79 Å². The molecule has 2 atom stereocenters. The predicted molar refractivity (Wildman–Crippen MR) is 62.6 cm³/mol. The average Bonchev–Trinajstić information content (AvgIpc) is 2.36. The summed E-state index contributed by atoms with van der Waals surface area (Å²) in [6.07, 6.45) is 0.730. The molecule has 17 heavy (non-hydrogen) atoms. The van der Waals surface area contributed by atoms with E-state index in [-0.39, 0.29) is 5.92 Å². The van der Waals surface area contributed by atoms with Gasteiger partial charge >= 0.3 is 5.97 Å². The summed E-state index contributed by atoms with van der Waals surface area (Å²) in [5.41, 5.74) is 0.936. The molecular formula is C13H16O4. The van der Waals surface area contributed by atoms with Crippen molar-refractivity contribution in [3.8, 4) is 11.5 Å². The molecule has 0 radical (unpaired) electrons. The summed E-state index contributed by atoms with van der Waals surface area (Å²) in [5.74, 6) is 0.172. The number of carboxylic acids is 1. The third kappa shape index (κ3) is 2.07. The molecule has 0 amide bonds. The molecule has 4 heteroatoms. The Morgan fingerprint density at radius 1 is 1.59 bits per heavy atom. The lowest BCUT2D eigenvalue weighted by Gasteiger charge is -2.29. The van der Waals surface area contributed by atoms with Crippen LogP contribution in [0.15, 0.2) is 18.2 Å². The van der Waals surface area contributed by atoms with Gasteiger partial charge in [-0.1, -0.05) is 19.1 Å². The number of carbonyl (C=O) groups is 1. The standard InChI is InChI=1S/C13H16O4/c1-8(13(14)15)9-6-7-17-12-10(9)4-3-5-11(12)16-2/h3-5,8-9H,6-7H2,1-2H3,(H,14,15). The number of hydrogen-bond acceptors (Lipinski definition) is 3. The molecule has 0 aromatic heterocycles. The van der Waals surface area contributed by atoms with E-state index in [0.29, 0.717) is 18.1 Å². The Morgan fingerprint density at radius 3 is 3.00 bits per heavy atom. The Labute approximate surface area is 100 Å². The second kappa shape index (κ2) is 4.65. The van der Waals surface area contributed by atoms with E-state index in [1.54, 1.807) is 14.0 Å². The first-order valence-corrected chi connectivity index (χ1v) is 5.67. The second-order valence-electron chi connectivity index (χ2n) is 4.25. The summed E-state index contributed by atoms with van der Waals surface area (Å²) < 4.78 is 10.8. The van der Waals surface area contributed by atoms with Gasteiger partial charge in [0.2, 0.25) is 0 Å². The fourth-order valence-electron chi connectivity index (χ4n) is 2.27. The number of rotatable bonds is 3. The van der Waals surface area contributed by atoms with Crippen molar-refractivity contribution in [3.63, 3.8) is 0 Å². The molecule has 1 aliphatic rings. The van der Waals surface area contributed by atoms with Crippen LogP contribution in [0, 0.1) is 5.92 Å². The minimum atomic E-state index is -0.773. The average molecular weight is 236 g/mol. The lowest BCUT2D eigenvalue weighted by Crippen LogP contribution is -2.25. The summed E-state index contributed by atoms with van der Waals surface area (Å²) in [6, 6.07) is 5.61. The first-order chi connectivity index (χ1) is 8.15. The van der Waals surface area contributed by atoms with E-state index in [0.717, 1.165) is 12.0 Å². The maximum absolute atomic E-state index is 11.1. The number of para-hydroxylation sites is 1. The van der Waals surface area contributed by atoms with Gasteiger partial charge in [-0.05, 0) is 12.5 Å². The zero-order valence-corrected chi connectivity index (χ0v) is 9.97. The number of hydrogen-bond donors (Lipinski definition) is 1. The van der Waals surface area contributed by atoms with Crippen LogP contribution in [0.4, 0.5) is 0 Å². The minimum Gasteiger partial charge on any atom is -0.493 e. The smallest absolute Gasteiger partial charge is 0.306 e. The lowest BCUT2D eigenvalue weighted by atomic mass is 9.83. The van der Waals surface area contributed by atoms with Crippen LogP contribution in [0.25, 0.3) is 0 Å². The molecule has 4 nitrogen and oxygen atoms in total. The molecule has 1 aliphatic heterocycles. The van der Waals surface area contributed by atoms with Gasteiger partial charge in [0.25, 0.3) is 0 Å². The highest BCUT2D eigenvalue weighted by atomic mass is 16.5. The molecule has 1 N–H and O–H groups in total. The summed E-state index contributed by atoms with van der Waals surface area (Å²) in [5, 5.41) is 9.11. The fraction of sp³-hybridized carbons (Fsp3) is 0.462. The van der Waals surface area contributed by atoms with Crippen molar-refractivity contribution >= 4 is 5.97 Å². The summed E-state index contributed by atoms with van der Waals surface area (Å²) in [4.78, 5) is 11.1. The van der Waals surface area contributed by atoms with Gasteiger partial charge in [0.1, 0.15) is 0 Å². The van der Waals surface area contributed by atoms with E-state index in [2.05, 4.69) is 0 Å². The Kier molecular flexibility index (Phi) is 3.22. The molecule has 92 valence electrons. The molecule has 0 saturated carbocycles. The first kappa shape index (κ1) is 11.8. The molecular weight excluding hydrogens is 220 g/mol. The van der Waals surface area contributed by atoms with Crippen molar-refractivity contribution in [3.05, 3.63) is 23.8 Å². The molecule has 0 bridgehead atoms. The monoisotopic (exact) mass is 236 g/mol. The molecule has 0 aliphatic carbocycles. The van der Waals surface area contributed by atoms with E-state index in [1.165, 1.54) is 0 Å². The van der Waals surface area contributed by atoms with Crippen molar-refractivity contribution in [1.82, 2.24) is 0 Å². The van der Waals surface area contributed by atoms with Crippen molar-refractivity contribution in [2.24, 2.45) is 5.92 Å². The van der Waals surface area contributed by atoms with Crippen LogP contribution in [0.1, 0.15) is 24.8 Å². The maximum Gasteiger partial charge on any atom is 0.306 e. The van der Waals surface area contributed by atoms with Crippen LogP contribution in [-0.4, -0.2) is 24.8 Å². The molecule has 1 aromatic carbocycles. The molecule has 0 fully saturated rings. The van der Waals surface area contributed by atoms with Gasteiger partial charge in [-0.15, -0.1) is 0 Å². The molecule has 2 unspecified atom stereocenters. The molecule has 1 aromatic rings. The van der Waals surface area contributed by atoms with Crippen molar-refractivity contribution in [2.45, 2.75) is 19.3 Å². The summed E-state index contributed by atoms with van der Waals surface area (Å²) in [6.45, 7) is 2.28. The van der Waals surface area contributed by atoms with E-state index < -0.39 is 11.9 Å². The number of carboxylic acid groups (broad SMARTS) is 1. The highest BCUT2D eigenvalue weighted by molar-refractivity contribution is 5.71. The van der Waals surface area contributed by atoms with Crippen LogP contribution in [0.3, 0.4) is 0 Å². The number of ether oxygens (including phenoxy) is 2. The summed E-state index contributed by atoms with van der Waals surface area (Å²) in [7, 11) is 1.59. The van der Waals surface area contributed by atoms with Crippen molar-refractivity contribution in [2.75, 3.05) is 13.7 Å². The quantitative estimate of drug-likeness (QED) is 0.874. The molecule has 2 rings (SSSR count). The van der Waals surface area contributed by atoms with Gasteiger partial charge in [-0.2, -0.15) is 0 Å². The lowest BCUT2D eigenvalue weighted by molar-refractivity contribution is -0.142. The Balaban J connectivity index is 2.41. The summed E-state index contributed by atoms with van der Waals surface area (Å²) >= 11 is 0. The zero-order chi connectivity index (χ0) is 12.4. The number of fused-ring (bicyclic) bond motifs is 1. The van der Waals surface area contributed by atoms with Gasteiger partial charge in [-0.25, -0.2) is 0 Å². The Hall–Kier alpha value is -1.71. The Morgan fingerprint density at radius 2 is 2.35 bits per heavy atom. The predicted octanol–water partition coefficient (Wildman–Crippen LogP) is 2.28.